The second-order valence-electron chi connectivity index (χ2n) is 14.8. The number of benzene rings is 8. The summed E-state index contributed by atoms with van der Waals surface area (Å²) in [7, 11) is 0. The predicted octanol–water partition coefficient (Wildman–Crippen LogP) is 13.5. The number of para-hydroxylation sites is 1. The molecule has 2 aromatic heterocycles. The van der Waals surface area contributed by atoms with E-state index in [4.69, 9.17) is 4.42 Å². The molecule has 238 valence electrons. The highest BCUT2D eigenvalue weighted by molar-refractivity contribution is 6.20. The van der Waals surface area contributed by atoms with E-state index in [1.165, 1.54) is 88.2 Å². The van der Waals surface area contributed by atoms with E-state index in [-0.39, 0.29) is 5.41 Å². The molecule has 0 radical (unpaired) electrons. The van der Waals surface area contributed by atoms with Gasteiger partial charge in [0.1, 0.15) is 11.2 Å². The third-order valence-corrected chi connectivity index (χ3v) is 11.9. The van der Waals surface area contributed by atoms with E-state index in [9.17, 15) is 0 Å². The van der Waals surface area contributed by atoms with Crippen molar-refractivity contribution in [3.05, 3.63) is 163 Å². The Kier molecular flexibility index (Phi) is 5.08. The third-order valence-electron chi connectivity index (χ3n) is 11.9. The fourth-order valence-electron chi connectivity index (χ4n) is 9.64. The molecule has 2 heterocycles. The van der Waals surface area contributed by atoms with Gasteiger partial charge >= 0.3 is 0 Å². The Hall–Kier alpha value is -6.38. The van der Waals surface area contributed by atoms with E-state index in [2.05, 4.69) is 170 Å². The topological polar surface area (TPSA) is 18.1 Å². The fraction of sp³-hybridized carbons (Fsp3) is 0.0612. The van der Waals surface area contributed by atoms with Crippen LogP contribution in [-0.4, -0.2) is 4.57 Å². The smallest absolute Gasteiger partial charge is 0.135 e. The molecule has 0 atom stereocenters. The van der Waals surface area contributed by atoms with Crippen LogP contribution in [0.5, 0.6) is 0 Å². The van der Waals surface area contributed by atoms with Crippen molar-refractivity contribution in [3.8, 4) is 50.2 Å². The van der Waals surface area contributed by atoms with Crippen LogP contribution in [0.25, 0.3) is 105 Å². The van der Waals surface area contributed by atoms with Gasteiger partial charge in [0.25, 0.3) is 0 Å². The van der Waals surface area contributed by atoms with Gasteiger partial charge in [-0.1, -0.05) is 129 Å². The zero-order valence-electron chi connectivity index (χ0n) is 28.3. The lowest BCUT2D eigenvalue weighted by molar-refractivity contribution is 0.661. The number of hydrogen-bond acceptors (Lipinski definition) is 1. The Morgan fingerprint density at radius 1 is 0.451 bits per heavy atom. The van der Waals surface area contributed by atoms with Crippen LogP contribution in [0.15, 0.2) is 156 Å². The summed E-state index contributed by atoms with van der Waals surface area (Å²) in [5.41, 5.74) is 18.5. The molecule has 0 unspecified atom stereocenters. The molecule has 2 heteroatoms. The van der Waals surface area contributed by atoms with E-state index < -0.39 is 0 Å². The molecule has 12 rings (SSSR count). The summed E-state index contributed by atoms with van der Waals surface area (Å²) in [6, 6.07) is 56.0. The van der Waals surface area contributed by atoms with Crippen molar-refractivity contribution in [3.63, 3.8) is 0 Å². The van der Waals surface area contributed by atoms with Gasteiger partial charge in [-0.05, 0) is 97.2 Å². The Balaban J connectivity index is 1.10. The van der Waals surface area contributed by atoms with E-state index in [0.717, 1.165) is 27.6 Å². The summed E-state index contributed by atoms with van der Waals surface area (Å²) in [6.45, 7) is 4.72. The van der Waals surface area contributed by atoms with Crippen LogP contribution >= 0.6 is 0 Å². The van der Waals surface area contributed by atoms with E-state index >= 15 is 0 Å². The number of aromatic nitrogens is 1. The second kappa shape index (κ2) is 9.44. The zero-order valence-corrected chi connectivity index (χ0v) is 28.3. The number of fused-ring (bicyclic) bond motifs is 13. The molecule has 0 bridgehead atoms. The molecule has 0 aliphatic heterocycles. The van der Waals surface area contributed by atoms with Crippen molar-refractivity contribution in [2.45, 2.75) is 19.3 Å². The number of nitrogens with zero attached hydrogens (tertiary/aromatic N) is 1. The SMILES string of the molecule is CC1(C)c2ccccc2-c2c1ccc1c3ccccc3n(-c3ccc4oc5ccc(-c6ccc7c8c(cccc68)-c6ccccc6-7)cc5c4c3)c21. The highest BCUT2D eigenvalue weighted by atomic mass is 16.3. The highest BCUT2D eigenvalue weighted by Crippen LogP contribution is 2.53. The lowest BCUT2D eigenvalue weighted by Gasteiger charge is -2.21. The quantitative estimate of drug-likeness (QED) is 0.182. The van der Waals surface area contributed by atoms with E-state index in [1.54, 1.807) is 0 Å². The van der Waals surface area contributed by atoms with Gasteiger partial charge in [-0.2, -0.15) is 0 Å². The summed E-state index contributed by atoms with van der Waals surface area (Å²) < 4.78 is 9.00. The lowest BCUT2D eigenvalue weighted by Crippen LogP contribution is -2.14. The molecular weight excluding hydrogens is 619 g/mol. The van der Waals surface area contributed by atoms with Gasteiger partial charge in [-0.15, -0.1) is 0 Å². The molecule has 51 heavy (non-hydrogen) atoms. The number of hydrogen-bond donors (Lipinski definition) is 0. The van der Waals surface area contributed by atoms with Crippen molar-refractivity contribution >= 4 is 54.5 Å². The standard InChI is InChI=1S/C49H31NO/c1-49(2)41-16-7-5-13-38(41)47-42(49)23-22-37-33-12-6-8-17-43(33)50(48(37)47)29-19-25-45-40(27-29)39-26-28(18-24-44(39)51-45)30-20-21-36-32-11-4-3-10-31(32)35-15-9-14-34(30)46(35)36/h3-27H,1-2H3. The van der Waals surface area contributed by atoms with Crippen LogP contribution in [0.3, 0.4) is 0 Å². The average Bonchev–Trinajstić information content (AvgIpc) is 3.88. The minimum atomic E-state index is -0.0755. The molecule has 0 N–H and O–H groups in total. The van der Waals surface area contributed by atoms with Gasteiger partial charge in [-0.3, -0.25) is 0 Å². The van der Waals surface area contributed by atoms with E-state index in [0.29, 0.717) is 0 Å². The van der Waals surface area contributed by atoms with Crippen LogP contribution < -0.4 is 0 Å². The van der Waals surface area contributed by atoms with Crippen molar-refractivity contribution < 1.29 is 4.42 Å². The molecule has 2 nitrogen and oxygen atoms in total. The monoisotopic (exact) mass is 649 g/mol. The van der Waals surface area contributed by atoms with Gasteiger partial charge in [0.05, 0.1) is 11.0 Å². The largest absolute Gasteiger partial charge is 0.456 e. The molecule has 2 aliphatic carbocycles. The zero-order chi connectivity index (χ0) is 33.6. The van der Waals surface area contributed by atoms with Gasteiger partial charge in [0.2, 0.25) is 0 Å². The maximum Gasteiger partial charge on any atom is 0.135 e. The van der Waals surface area contributed by atoms with Crippen LogP contribution in [-0.2, 0) is 5.41 Å². The van der Waals surface area contributed by atoms with Crippen molar-refractivity contribution in [1.82, 2.24) is 4.57 Å². The molecular formula is C49H31NO. The van der Waals surface area contributed by atoms with Crippen molar-refractivity contribution in [1.29, 1.82) is 0 Å². The minimum Gasteiger partial charge on any atom is -0.456 e. The second-order valence-corrected chi connectivity index (χ2v) is 14.8. The summed E-state index contributed by atoms with van der Waals surface area (Å²) in [4.78, 5) is 0. The molecule has 0 spiro atoms. The maximum atomic E-state index is 6.51. The molecule has 8 aromatic carbocycles. The van der Waals surface area contributed by atoms with Gasteiger partial charge in [0.15, 0.2) is 0 Å². The van der Waals surface area contributed by atoms with Crippen molar-refractivity contribution in [2.75, 3.05) is 0 Å². The molecule has 0 saturated carbocycles. The summed E-state index contributed by atoms with van der Waals surface area (Å²) in [6.07, 6.45) is 0. The van der Waals surface area contributed by atoms with Crippen LogP contribution in [0.4, 0.5) is 0 Å². The first-order valence-electron chi connectivity index (χ1n) is 17.9. The van der Waals surface area contributed by atoms with Crippen LogP contribution in [0, 0.1) is 0 Å². The number of rotatable bonds is 2. The fourth-order valence-corrected chi connectivity index (χ4v) is 9.64. The predicted molar refractivity (Wildman–Crippen MR) is 213 cm³/mol. The van der Waals surface area contributed by atoms with Crippen molar-refractivity contribution in [2.24, 2.45) is 0 Å². The Morgan fingerprint density at radius 2 is 1.12 bits per heavy atom. The average molecular weight is 650 g/mol. The normalized spacial score (nSPS) is 13.8. The first-order chi connectivity index (χ1) is 25.1. The Labute approximate surface area is 294 Å². The van der Waals surface area contributed by atoms with E-state index in [1.807, 2.05) is 0 Å². The molecule has 0 saturated heterocycles. The lowest BCUT2D eigenvalue weighted by atomic mass is 9.82. The highest BCUT2D eigenvalue weighted by Gasteiger charge is 2.37. The van der Waals surface area contributed by atoms with Gasteiger partial charge in [-0.25, -0.2) is 0 Å². The maximum absolute atomic E-state index is 6.51. The Morgan fingerprint density at radius 3 is 1.98 bits per heavy atom. The molecule has 0 fully saturated rings. The summed E-state index contributed by atoms with van der Waals surface area (Å²) in [5, 5.41) is 7.45. The number of furan rings is 1. The molecule has 2 aliphatic rings. The first-order valence-corrected chi connectivity index (χ1v) is 17.9. The molecule has 10 aromatic rings. The molecule has 0 amide bonds. The first kappa shape index (κ1) is 27.4. The minimum absolute atomic E-state index is 0.0755. The van der Waals surface area contributed by atoms with Crippen LogP contribution in [0.2, 0.25) is 0 Å². The van der Waals surface area contributed by atoms with Gasteiger partial charge < -0.3 is 8.98 Å². The summed E-state index contributed by atoms with van der Waals surface area (Å²) in [5.74, 6) is 0. The van der Waals surface area contributed by atoms with Crippen LogP contribution in [0.1, 0.15) is 25.0 Å². The Bertz CT molecular complexity index is 3140. The van der Waals surface area contributed by atoms with Gasteiger partial charge in [0, 0.05) is 38.2 Å². The summed E-state index contributed by atoms with van der Waals surface area (Å²) >= 11 is 0. The third kappa shape index (κ3) is 3.42.